The van der Waals surface area contributed by atoms with Gasteiger partial charge in [0.1, 0.15) is 17.9 Å². The number of likely N-dealkylation sites (tertiary alicyclic amines) is 1. The molecule has 0 bridgehead atoms. The number of benzene rings is 3. The second-order valence-electron chi connectivity index (χ2n) is 19.1. The minimum Gasteiger partial charge on any atom is -0.463 e. The first kappa shape index (κ1) is 52.1. The molecule has 4 heterocycles. The lowest BCUT2D eigenvalue weighted by Gasteiger charge is -2.35. The smallest absolute Gasteiger partial charge is 0.320 e. The minimum absolute atomic E-state index is 0.00267. The van der Waals surface area contributed by atoms with Crippen LogP contribution in [0.15, 0.2) is 89.5 Å². The van der Waals surface area contributed by atoms with Crippen LogP contribution in [-0.2, 0) is 36.9 Å². The van der Waals surface area contributed by atoms with Gasteiger partial charge in [-0.3, -0.25) is 24.6 Å². The van der Waals surface area contributed by atoms with E-state index in [2.05, 4.69) is 46.3 Å². The summed E-state index contributed by atoms with van der Waals surface area (Å²) in [5.74, 6) is 0.0568. The maximum Gasteiger partial charge on any atom is 0.320 e. The molecule has 17 nitrogen and oxygen atoms in total. The second kappa shape index (κ2) is 24.9. The normalized spacial score (nSPS) is 16.4. The Bertz CT molecular complexity index is 2610. The van der Waals surface area contributed by atoms with Gasteiger partial charge >= 0.3 is 6.01 Å². The van der Waals surface area contributed by atoms with Crippen LogP contribution in [0.5, 0.6) is 6.01 Å². The van der Waals surface area contributed by atoms with E-state index in [1.165, 1.54) is 4.90 Å². The van der Waals surface area contributed by atoms with E-state index in [4.69, 9.17) is 9.47 Å². The van der Waals surface area contributed by atoms with E-state index in [1.54, 1.807) is 17.6 Å². The third-order valence-electron chi connectivity index (χ3n) is 12.3. The van der Waals surface area contributed by atoms with Crippen molar-refractivity contribution >= 4 is 58.5 Å². The number of thiazole rings is 1. The van der Waals surface area contributed by atoms with Gasteiger partial charge in [-0.05, 0) is 66.5 Å². The number of ether oxygens (including phenoxy) is 2. The number of anilines is 3. The first-order valence-electron chi connectivity index (χ1n) is 24.3. The molecule has 0 saturated carbocycles. The summed E-state index contributed by atoms with van der Waals surface area (Å²) in [6.07, 6.45) is 3.79. The number of aromatic nitrogens is 3. The molecule has 4 amide bonds. The fourth-order valence-corrected chi connectivity index (χ4v) is 9.22. The van der Waals surface area contributed by atoms with Crippen molar-refractivity contribution in [2.75, 3.05) is 55.1 Å². The van der Waals surface area contributed by atoms with Gasteiger partial charge in [-0.15, -0.1) is 11.3 Å². The van der Waals surface area contributed by atoms with Crippen molar-refractivity contribution in [3.8, 4) is 16.5 Å². The van der Waals surface area contributed by atoms with Crippen molar-refractivity contribution in [2.45, 2.75) is 104 Å². The van der Waals surface area contributed by atoms with Gasteiger partial charge < -0.3 is 40.3 Å². The highest BCUT2D eigenvalue weighted by atomic mass is 32.1. The van der Waals surface area contributed by atoms with Crippen LogP contribution in [0.4, 0.5) is 17.3 Å². The van der Waals surface area contributed by atoms with Crippen LogP contribution in [0.25, 0.3) is 10.4 Å². The average Bonchev–Trinajstić information content (AvgIpc) is 3.97. The van der Waals surface area contributed by atoms with Gasteiger partial charge in [-0.1, -0.05) is 93.4 Å². The Labute approximate surface area is 419 Å². The highest BCUT2D eigenvalue weighted by Gasteiger charge is 2.44. The number of nitrogens with zero attached hydrogens (tertiary/aromatic N) is 6. The summed E-state index contributed by atoms with van der Waals surface area (Å²) in [6, 6.07) is 23.8. The number of unbranched alkanes of at least 4 members (excludes halogenated alkanes) is 2. The molecule has 5 N–H and O–H groups in total. The fraction of sp³-hybridized carbons (Fsp3) is 0.434. The number of rotatable bonds is 21. The average molecular weight is 987 g/mol. The van der Waals surface area contributed by atoms with Gasteiger partial charge in [0.15, 0.2) is 5.82 Å². The fourth-order valence-electron chi connectivity index (χ4n) is 8.41. The molecule has 2 saturated heterocycles. The first-order chi connectivity index (χ1) is 34.2. The number of aliphatic hydroxyl groups excluding tert-OH is 1. The van der Waals surface area contributed by atoms with E-state index in [1.807, 2.05) is 119 Å². The Balaban J connectivity index is 0.813. The van der Waals surface area contributed by atoms with Crippen molar-refractivity contribution in [3.05, 3.63) is 112 Å². The van der Waals surface area contributed by atoms with Gasteiger partial charge in [0.2, 0.25) is 23.6 Å². The maximum absolute atomic E-state index is 14.0. The van der Waals surface area contributed by atoms with E-state index in [0.717, 1.165) is 44.2 Å². The number of hydrogen-bond acceptors (Lipinski definition) is 14. The Morgan fingerprint density at radius 1 is 0.930 bits per heavy atom. The molecule has 0 unspecified atom stereocenters. The number of nitrogens with one attached hydrogen (secondary N) is 4. The highest BCUT2D eigenvalue weighted by Crippen LogP contribution is 2.29. The number of aryl methyl sites for hydroxylation is 2. The summed E-state index contributed by atoms with van der Waals surface area (Å²) in [5, 5.41) is 23.8. The predicted octanol–water partition coefficient (Wildman–Crippen LogP) is 6.82. The third kappa shape index (κ3) is 15.4. The van der Waals surface area contributed by atoms with Crippen molar-refractivity contribution in [1.82, 2.24) is 30.5 Å². The maximum atomic E-state index is 14.0. The van der Waals surface area contributed by atoms with Gasteiger partial charge in [-0.2, -0.15) is 15.1 Å². The second-order valence-corrected chi connectivity index (χ2v) is 20.0. The molecule has 18 heteroatoms. The Morgan fingerprint density at radius 3 is 2.37 bits per heavy atom. The molecule has 0 spiro atoms. The van der Waals surface area contributed by atoms with Crippen molar-refractivity contribution in [2.24, 2.45) is 10.5 Å². The van der Waals surface area contributed by atoms with E-state index in [-0.39, 0.29) is 56.1 Å². The summed E-state index contributed by atoms with van der Waals surface area (Å²) in [7, 11) is 0. The molecular weight excluding hydrogens is 921 g/mol. The molecule has 2 aliphatic rings. The SMILES string of the molecule is Cc1cccc(/C=N/Nc2cc(N3CCOCC3)nc(OCCc3ccc(NC(=O)CCCCCC(=O)N[C@H](C(=O)N4C[C@H](O)C[C@H]4C(=O)NCc4ccc(-c5scnc5C)cc4)C(C)(C)C)cc3)n2)c1. The summed E-state index contributed by atoms with van der Waals surface area (Å²) in [4.78, 5) is 71.7. The Kier molecular flexibility index (Phi) is 18.2. The minimum atomic E-state index is -0.916. The van der Waals surface area contributed by atoms with Crippen LogP contribution >= 0.6 is 11.3 Å². The molecule has 3 atom stereocenters. The molecule has 0 radical (unpaired) electrons. The van der Waals surface area contributed by atoms with E-state index < -0.39 is 29.5 Å². The summed E-state index contributed by atoms with van der Waals surface area (Å²) < 4.78 is 11.6. The van der Waals surface area contributed by atoms with E-state index in [9.17, 15) is 24.3 Å². The lowest BCUT2D eigenvalue weighted by Crippen LogP contribution is -2.57. The number of β-amino-alcohol motifs (C(OH)–C–C–N with tert-alkyl or cyclic N) is 1. The van der Waals surface area contributed by atoms with Gasteiger partial charge in [0.25, 0.3) is 0 Å². The van der Waals surface area contributed by atoms with Crippen LogP contribution in [0.3, 0.4) is 0 Å². The monoisotopic (exact) mass is 986 g/mol. The Morgan fingerprint density at radius 2 is 1.66 bits per heavy atom. The Hall–Kier alpha value is -6.76. The summed E-state index contributed by atoms with van der Waals surface area (Å²) in [5.41, 5.74) is 10.9. The molecule has 5 aromatic rings. The van der Waals surface area contributed by atoms with Gasteiger partial charge in [0.05, 0.1) is 48.2 Å². The van der Waals surface area contributed by atoms with Crippen LogP contribution in [0.1, 0.15) is 87.2 Å². The van der Waals surface area contributed by atoms with Gasteiger partial charge in [-0.25, -0.2) is 4.98 Å². The summed E-state index contributed by atoms with van der Waals surface area (Å²) >= 11 is 1.57. The molecular formula is C53H66N10O7S. The molecule has 71 heavy (non-hydrogen) atoms. The molecule has 2 aliphatic heterocycles. The molecule has 3 aromatic carbocycles. The topological polar surface area (TPSA) is 213 Å². The third-order valence-corrected chi connectivity index (χ3v) is 13.3. The van der Waals surface area contributed by atoms with Gasteiger partial charge in [0, 0.05) is 63.6 Å². The predicted molar refractivity (Wildman–Crippen MR) is 276 cm³/mol. The largest absolute Gasteiger partial charge is 0.463 e. The lowest BCUT2D eigenvalue weighted by atomic mass is 9.85. The van der Waals surface area contributed by atoms with Crippen molar-refractivity contribution < 1.29 is 33.8 Å². The number of aliphatic hydroxyl groups is 1. The number of carbonyl (C=O) groups excluding carboxylic acids is 4. The molecule has 2 fully saturated rings. The number of hydrazone groups is 1. The van der Waals surface area contributed by atoms with Crippen LogP contribution in [0, 0.1) is 19.3 Å². The standard InChI is InChI=1S/C53H66N10O7S/c1-35-10-9-11-39(28-35)32-56-61-44-30-45(62-23-26-69-27-24-62)59-52(58-44)70-25-22-37-16-20-41(21-17-37)57-46(65)12-7-6-8-13-47(66)60-49(53(3,4)5)51(68)63-33-42(64)29-43(63)50(67)54-31-38-14-18-40(19-15-38)48-36(2)55-34-71-48/h9-11,14-21,28,30,32,34,42-43,49,64H,6-8,12-13,22-27,29,31,33H2,1-5H3,(H,54,67)(H,57,65)(H,60,66)(H,58,59,61)/b56-32+/t42-,43+,49-/m1/s1. The molecule has 2 aromatic heterocycles. The van der Waals surface area contributed by atoms with Crippen molar-refractivity contribution in [3.63, 3.8) is 0 Å². The lowest BCUT2D eigenvalue weighted by molar-refractivity contribution is -0.144. The zero-order valence-corrected chi connectivity index (χ0v) is 42.1. The molecule has 0 aliphatic carbocycles. The number of amides is 4. The zero-order valence-electron chi connectivity index (χ0n) is 41.3. The van der Waals surface area contributed by atoms with E-state index >= 15 is 0 Å². The quantitative estimate of drug-likeness (QED) is 0.0291. The highest BCUT2D eigenvalue weighted by molar-refractivity contribution is 7.13. The van der Waals surface area contributed by atoms with Crippen LogP contribution in [-0.4, -0.2) is 112 Å². The summed E-state index contributed by atoms with van der Waals surface area (Å²) in [6.45, 7) is 12.8. The number of hydrogen-bond donors (Lipinski definition) is 5. The van der Waals surface area contributed by atoms with Crippen LogP contribution in [0.2, 0.25) is 0 Å². The number of carbonyl (C=O) groups is 4. The number of morpholine rings is 1. The van der Waals surface area contributed by atoms with Crippen molar-refractivity contribution in [1.29, 1.82) is 0 Å². The molecule has 376 valence electrons. The first-order valence-corrected chi connectivity index (χ1v) is 25.2. The zero-order chi connectivity index (χ0) is 50.3. The van der Waals surface area contributed by atoms with Crippen LogP contribution < -0.4 is 31.0 Å². The van der Waals surface area contributed by atoms with E-state index in [0.29, 0.717) is 70.1 Å². The molecule has 7 rings (SSSR count).